The quantitative estimate of drug-likeness (QED) is 0.564. The van der Waals surface area contributed by atoms with Gasteiger partial charge in [0.2, 0.25) is 0 Å². The van der Waals surface area contributed by atoms with Crippen LogP contribution in [-0.2, 0) is 6.54 Å². The molecule has 0 atom stereocenters. The summed E-state index contributed by atoms with van der Waals surface area (Å²) in [6.45, 7) is 0.572. The molecule has 0 saturated heterocycles. The van der Waals surface area contributed by atoms with E-state index >= 15 is 0 Å². The molecule has 1 N–H and O–H groups in total. The van der Waals surface area contributed by atoms with Crippen LogP contribution in [0.3, 0.4) is 0 Å². The largest absolute Gasteiger partial charge is 0.493 e. The molecule has 0 bridgehead atoms. The second-order valence-corrected chi connectivity index (χ2v) is 6.01. The van der Waals surface area contributed by atoms with Gasteiger partial charge in [0.25, 0.3) is 0 Å². The molecule has 0 spiro atoms. The van der Waals surface area contributed by atoms with E-state index in [1.54, 1.807) is 20.4 Å². The molecule has 6 nitrogen and oxygen atoms in total. The maximum absolute atomic E-state index is 5.68. The predicted octanol–water partition coefficient (Wildman–Crippen LogP) is 4.01. The average Bonchev–Trinajstić information content (AvgIpc) is 3.38. The molecule has 0 amide bonds. The van der Waals surface area contributed by atoms with Gasteiger partial charge >= 0.3 is 0 Å². The predicted molar refractivity (Wildman–Crippen MR) is 104 cm³/mol. The van der Waals surface area contributed by atoms with Crippen LogP contribution in [0.5, 0.6) is 11.5 Å². The summed E-state index contributed by atoms with van der Waals surface area (Å²) >= 11 is 0. The Balaban J connectivity index is 1.93. The zero-order chi connectivity index (χ0) is 18.6. The minimum atomic E-state index is 0.572. The molecule has 6 heteroatoms. The van der Waals surface area contributed by atoms with E-state index < -0.39 is 0 Å². The van der Waals surface area contributed by atoms with Gasteiger partial charge in [0.05, 0.1) is 38.5 Å². The molecule has 136 valence electrons. The maximum atomic E-state index is 5.68. The Kier molecular flexibility index (Phi) is 4.61. The van der Waals surface area contributed by atoms with E-state index in [1.807, 2.05) is 48.9 Å². The van der Waals surface area contributed by atoms with Crippen LogP contribution in [0.2, 0.25) is 0 Å². The highest BCUT2D eigenvalue weighted by Gasteiger charge is 2.21. The molecule has 27 heavy (non-hydrogen) atoms. The topological polar surface area (TPSA) is 65.0 Å². The summed E-state index contributed by atoms with van der Waals surface area (Å²) in [5.74, 6) is 2.22. The van der Waals surface area contributed by atoms with E-state index in [0.717, 1.165) is 28.3 Å². The molecule has 0 radical (unpaired) electrons. The van der Waals surface area contributed by atoms with Crippen LogP contribution >= 0.6 is 0 Å². The summed E-state index contributed by atoms with van der Waals surface area (Å²) in [6.07, 6.45) is 5.39. The third kappa shape index (κ3) is 3.17. The van der Waals surface area contributed by atoms with Gasteiger partial charge in [0.15, 0.2) is 11.5 Å². The Morgan fingerprint density at radius 1 is 0.963 bits per heavy atom. The molecule has 4 rings (SSSR count). The number of hydrogen-bond acceptors (Lipinski definition) is 4. The smallest absolute Gasteiger partial charge is 0.170 e. The third-order valence-corrected chi connectivity index (χ3v) is 4.42. The van der Waals surface area contributed by atoms with E-state index in [9.17, 15) is 0 Å². The number of hydrogen-bond donors (Lipinski definition) is 1. The summed E-state index contributed by atoms with van der Waals surface area (Å²) in [6, 6.07) is 16.0. The zero-order valence-corrected chi connectivity index (χ0v) is 15.2. The first kappa shape index (κ1) is 16.9. The van der Waals surface area contributed by atoms with Gasteiger partial charge in [-0.25, -0.2) is 9.97 Å². The molecule has 0 aliphatic rings. The number of rotatable bonds is 6. The number of methoxy groups -OCH3 is 2. The number of ether oxygens (including phenoxy) is 2. The minimum absolute atomic E-state index is 0.572. The lowest BCUT2D eigenvalue weighted by atomic mass is 10.0. The Bertz CT molecular complexity index is 1020. The molecular weight excluding hydrogens is 340 g/mol. The second-order valence-electron chi connectivity index (χ2n) is 6.01. The van der Waals surface area contributed by atoms with Crippen LogP contribution in [0.15, 0.2) is 67.3 Å². The van der Waals surface area contributed by atoms with Crippen LogP contribution < -0.4 is 9.47 Å². The standard InChI is InChI=1S/C21H20N4O2/c1-26-17-10-6-9-16(21(17)27-2)20-19(15-7-4-3-5-8-15)24-14-25(20)13-18-22-11-12-23-18/h3-12,14H,13H2,1-2H3,(H,22,23). The highest BCUT2D eigenvalue weighted by atomic mass is 16.5. The number of aromatic amines is 1. The van der Waals surface area contributed by atoms with Crippen molar-refractivity contribution in [2.45, 2.75) is 6.54 Å². The SMILES string of the molecule is COc1cccc(-c2c(-c3ccccc3)ncn2Cc2ncc[nH]2)c1OC. The number of para-hydroxylation sites is 1. The van der Waals surface area contributed by atoms with E-state index in [0.29, 0.717) is 18.0 Å². The molecule has 0 aliphatic carbocycles. The fraction of sp³-hybridized carbons (Fsp3) is 0.143. The molecule has 4 aromatic rings. The van der Waals surface area contributed by atoms with Gasteiger partial charge in [-0.05, 0) is 12.1 Å². The van der Waals surface area contributed by atoms with Crippen LogP contribution in [0, 0.1) is 0 Å². The average molecular weight is 360 g/mol. The Labute approximate surface area is 157 Å². The van der Waals surface area contributed by atoms with E-state index in [1.165, 1.54) is 0 Å². The molecule has 2 aromatic carbocycles. The Hall–Kier alpha value is -3.54. The van der Waals surface area contributed by atoms with Crippen molar-refractivity contribution in [1.82, 2.24) is 19.5 Å². The second kappa shape index (κ2) is 7.37. The van der Waals surface area contributed by atoms with Crippen molar-refractivity contribution in [3.63, 3.8) is 0 Å². The van der Waals surface area contributed by atoms with E-state index in [2.05, 4.69) is 26.7 Å². The minimum Gasteiger partial charge on any atom is -0.493 e. The summed E-state index contributed by atoms with van der Waals surface area (Å²) < 4.78 is 13.2. The normalized spacial score (nSPS) is 10.7. The molecule has 2 heterocycles. The third-order valence-electron chi connectivity index (χ3n) is 4.42. The lowest BCUT2D eigenvalue weighted by Crippen LogP contribution is -2.04. The number of benzene rings is 2. The van der Waals surface area contributed by atoms with Gasteiger partial charge in [-0.2, -0.15) is 0 Å². The van der Waals surface area contributed by atoms with Crippen LogP contribution in [-0.4, -0.2) is 33.7 Å². The number of nitrogens with zero attached hydrogens (tertiary/aromatic N) is 3. The summed E-state index contributed by atoms with van der Waals surface area (Å²) in [4.78, 5) is 12.2. The summed E-state index contributed by atoms with van der Waals surface area (Å²) in [5.41, 5.74) is 3.79. The van der Waals surface area contributed by atoms with Gasteiger partial charge < -0.3 is 19.0 Å². The zero-order valence-electron chi connectivity index (χ0n) is 15.2. The molecule has 0 fully saturated rings. The van der Waals surface area contributed by atoms with Crippen LogP contribution in [0.4, 0.5) is 0 Å². The summed E-state index contributed by atoms with van der Waals surface area (Å²) in [5, 5.41) is 0. The van der Waals surface area contributed by atoms with Crippen molar-refractivity contribution < 1.29 is 9.47 Å². The number of aromatic nitrogens is 4. The maximum Gasteiger partial charge on any atom is 0.170 e. The van der Waals surface area contributed by atoms with Crippen molar-refractivity contribution in [3.8, 4) is 34.0 Å². The fourth-order valence-electron chi connectivity index (χ4n) is 3.21. The van der Waals surface area contributed by atoms with Crippen molar-refractivity contribution in [3.05, 3.63) is 73.1 Å². The number of nitrogens with one attached hydrogen (secondary N) is 1. The van der Waals surface area contributed by atoms with E-state index in [4.69, 9.17) is 14.5 Å². The van der Waals surface area contributed by atoms with Crippen molar-refractivity contribution in [2.75, 3.05) is 14.2 Å². The Morgan fingerprint density at radius 2 is 1.81 bits per heavy atom. The van der Waals surface area contributed by atoms with Crippen molar-refractivity contribution >= 4 is 0 Å². The lowest BCUT2D eigenvalue weighted by molar-refractivity contribution is 0.356. The molecule has 0 unspecified atom stereocenters. The fourth-order valence-corrected chi connectivity index (χ4v) is 3.21. The monoisotopic (exact) mass is 360 g/mol. The van der Waals surface area contributed by atoms with Crippen LogP contribution in [0.25, 0.3) is 22.5 Å². The summed E-state index contributed by atoms with van der Waals surface area (Å²) in [7, 11) is 3.29. The molecule has 2 aromatic heterocycles. The highest BCUT2D eigenvalue weighted by Crippen LogP contribution is 2.41. The van der Waals surface area contributed by atoms with Crippen LogP contribution in [0.1, 0.15) is 5.82 Å². The van der Waals surface area contributed by atoms with Gasteiger partial charge in [0, 0.05) is 23.5 Å². The van der Waals surface area contributed by atoms with Gasteiger partial charge in [-0.15, -0.1) is 0 Å². The first-order valence-electron chi connectivity index (χ1n) is 8.62. The Morgan fingerprint density at radius 3 is 2.52 bits per heavy atom. The van der Waals surface area contributed by atoms with E-state index in [-0.39, 0.29) is 0 Å². The molecule has 0 saturated carbocycles. The molecule has 0 aliphatic heterocycles. The van der Waals surface area contributed by atoms with Gasteiger partial charge in [-0.1, -0.05) is 36.4 Å². The number of imidazole rings is 2. The van der Waals surface area contributed by atoms with Gasteiger partial charge in [0.1, 0.15) is 5.82 Å². The molecular formula is C21H20N4O2. The van der Waals surface area contributed by atoms with Gasteiger partial charge in [-0.3, -0.25) is 0 Å². The first-order valence-corrected chi connectivity index (χ1v) is 8.62. The lowest BCUT2D eigenvalue weighted by Gasteiger charge is -2.15. The van der Waals surface area contributed by atoms with Crippen molar-refractivity contribution in [2.24, 2.45) is 0 Å². The highest BCUT2D eigenvalue weighted by molar-refractivity contribution is 5.83. The van der Waals surface area contributed by atoms with Crippen molar-refractivity contribution in [1.29, 1.82) is 0 Å². The first-order chi connectivity index (χ1) is 13.3. The number of H-pyrrole nitrogens is 1.